The van der Waals surface area contributed by atoms with E-state index < -0.39 is 0 Å². The Hall–Kier alpha value is -1.19. The lowest BCUT2D eigenvalue weighted by Gasteiger charge is -2.09. The van der Waals surface area contributed by atoms with Gasteiger partial charge in [-0.25, -0.2) is 0 Å². The summed E-state index contributed by atoms with van der Waals surface area (Å²) in [5.74, 6) is 0.727. The molecule has 0 amide bonds. The zero-order valence-electron chi connectivity index (χ0n) is 8.99. The number of anilines is 1. The predicted molar refractivity (Wildman–Crippen MR) is 74.3 cm³/mol. The minimum absolute atomic E-state index is 0.461. The van der Waals surface area contributed by atoms with Crippen LogP contribution in [0, 0.1) is 0 Å². The first-order chi connectivity index (χ1) is 8.16. The van der Waals surface area contributed by atoms with E-state index in [1.165, 1.54) is 0 Å². The standard InChI is InChI=1S/C13H11BrClNO/c14-13-11(16)5-2-6-12(13)17-8-9-3-1-4-10(15)7-9/h1-7H,8,16H2. The molecule has 0 radical (unpaired) electrons. The lowest BCUT2D eigenvalue weighted by Crippen LogP contribution is -1.97. The summed E-state index contributed by atoms with van der Waals surface area (Å²) in [6.07, 6.45) is 0. The summed E-state index contributed by atoms with van der Waals surface area (Å²) in [6, 6.07) is 13.1. The van der Waals surface area contributed by atoms with Gasteiger partial charge in [0.2, 0.25) is 0 Å². The lowest BCUT2D eigenvalue weighted by atomic mass is 10.2. The van der Waals surface area contributed by atoms with Crippen molar-refractivity contribution >= 4 is 33.2 Å². The second-order valence-electron chi connectivity index (χ2n) is 3.58. The maximum Gasteiger partial charge on any atom is 0.136 e. The van der Waals surface area contributed by atoms with Crippen LogP contribution in [-0.2, 0) is 6.61 Å². The molecule has 88 valence electrons. The minimum Gasteiger partial charge on any atom is -0.488 e. The molecule has 0 saturated carbocycles. The maximum atomic E-state index is 5.90. The summed E-state index contributed by atoms with van der Waals surface area (Å²) < 4.78 is 6.45. The summed E-state index contributed by atoms with van der Waals surface area (Å²) in [5.41, 5.74) is 7.45. The molecule has 2 N–H and O–H groups in total. The largest absolute Gasteiger partial charge is 0.488 e. The lowest BCUT2D eigenvalue weighted by molar-refractivity contribution is 0.304. The van der Waals surface area contributed by atoms with Gasteiger partial charge in [0.25, 0.3) is 0 Å². The third kappa shape index (κ3) is 3.14. The average molecular weight is 313 g/mol. The summed E-state index contributed by atoms with van der Waals surface area (Å²) in [4.78, 5) is 0. The number of hydrogen-bond donors (Lipinski definition) is 1. The normalized spacial score (nSPS) is 10.2. The van der Waals surface area contributed by atoms with Crippen molar-refractivity contribution in [3.63, 3.8) is 0 Å². The van der Waals surface area contributed by atoms with Crippen LogP contribution >= 0.6 is 27.5 Å². The molecular weight excluding hydrogens is 302 g/mol. The molecule has 17 heavy (non-hydrogen) atoms. The second kappa shape index (κ2) is 5.43. The first-order valence-electron chi connectivity index (χ1n) is 5.08. The molecule has 0 aliphatic carbocycles. The molecule has 0 fully saturated rings. The number of halogens is 2. The Bertz CT molecular complexity index is 531. The fourth-order valence-corrected chi connectivity index (χ4v) is 2.02. The van der Waals surface area contributed by atoms with E-state index in [2.05, 4.69) is 15.9 Å². The van der Waals surface area contributed by atoms with Crippen molar-refractivity contribution in [2.24, 2.45) is 0 Å². The molecule has 0 saturated heterocycles. The van der Waals surface area contributed by atoms with Crippen molar-refractivity contribution in [2.75, 3.05) is 5.73 Å². The average Bonchev–Trinajstić information content (AvgIpc) is 2.31. The van der Waals surface area contributed by atoms with Gasteiger partial charge in [0, 0.05) is 10.7 Å². The molecule has 0 aliphatic rings. The van der Waals surface area contributed by atoms with E-state index >= 15 is 0 Å². The minimum atomic E-state index is 0.461. The summed E-state index contributed by atoms with van der Waals surface area (Å²) in [6.45, 7) is 0.461. The zero-order chi connectivity index (χ0) is 12.3. The van der Waals surface area contributed by atoms with Gasteiger partial charge in [-0.3, -0.25) is 0 Å². The molecular formula is C13H11BrClNO. The van der Waals surface area contributed by atoms with Crippen LogP contribution in [0.5, 0.6) is 5.75 Å². The molecule has 2 aromatic rings. The highest BCUT2D eigenvalue weighted by atomic mass is 79.9. The smallest absolute Gasteiger partial charge is 0.136 e. The van der Waals surface area contributed by atoms with Crippen LogP contribution in [0.15, 0.2) is 46.9 Å². The molecule has 2 nitrogen and oxygen atoms in total. The number of ether oxygens (including phenoxy) is 1. The van der Waals surface area contributed by atoms with Crippen molar-refractivity contribution < 1.29 is 4.74 Å². The van der Waals surface area contributed by atoms with Crippen molar-refractivity contribution in [1.29, 1.82) is 0 Å². The number of hydrogen-bond acceptors (Lipinski definition) is 2. The molecule has 2 rings (SSSR count). The van der Waals surface area contributed by atoms with Gasteiger partial charge >= 0.3 is 0 Å². The number of nitrogens with two attached hydrogens (primary N) is 1. The van der Waals surface area contributed by atoms with Gasteiger partial charge < -0.3 is 10.5 Å². The predicted octanol–water partition coefficient (Wildman–Crippen LogP) is 4.26. The number of rotatable bonds is 3. The fourth-order valence-electron chi connectivity index (χ4n) is 1.43. The van der Waals surface area contributed by atoms with E-state index in [1.54, 1.807) is 0 Å². The van der Waals surface area contributed by atoms with Crippen molar-refractivity contribution in [3.8, 4) is 5.75 Å². The Morgan fingerprint density at radius 3 is 2.71 bits per heavy atom. The van der Waals surface area contributed by atoms with E-state index in [0.29, 0.717) is 17.3 Å². The van der Waals surface area contributed by atoms with Gasteiger partial charge in [-0.2, -0.15) is 0 Å². The highest BCUT2D eigenvalue weighted by Crippen LogP contribution is 2.30. The van der Waals surface area contributed by atoms with Crippen LogP contribution in [0.4, 0.5) is 5.69 Å². The van der Waals surface area contributed by atoms with Crippen LogP contribution in [0.2, 0.25) is 5.02 Å². The highest BCUT2D eigenvalue weighted by molar-refractivity contribution is 9.10. The molecule has 0 bridgehead atoms. The molecule has 0 spiro atoms. The van der Waals surface area contributed by atoms with E-state index in [1.807, 2.05) is 42.5 Å². The molecule has 0 unspecified atom stereocenters. The molecule has 0 aliphatic heterocycles. The molecule has 2 aromatic carbocycles. The quantitative estimate of drug-likeness (QED) is 0.859. The highest BCUT2D eigenvalue weighted by Gasteiger charge is 2.04. The first kappa shape index (κ1) is 12.3. The van der Waals surface area contributed by atoms with E-state index in [9.17, 15) is 0 Å². The summed E-state index contributed by atoms with van der Waals surface area (Å²) in [5, 5.41) is 0.706. The Labute approximate surface area is 113 Å². The maximum absolute atomic E-state index is 5.90. The van der Waals surface area contributed by atoms with Crippen molar-refractivity contribution in [3.05, 3.63) is 57.5 Å². The zero-order valence-corrected chi connectivity index (χ0v) is 11.3. The van der Waals surface area contributed by atoms with Crippen molar-refractivity contribution in [2.45, 2.75) is 6.61 Å². The Morgan fingerprint density at radius 2 is 1.94 bits per heavy atom. The summed E-state index contributed by atoms with van der Waals surface area (Å²) in [7, 11) is 0. The second-order valence-corrected chi connectivity index (χ2v) is 4.81. The first-order valence-corrected chi connectivity index (χ1v) is 6.25. The van der Waals surface area contributed by atoms with Gasteiger partial charge in [0.05, 0.1) is 4.47 Å². The van der Waals surface area contributed by atoms with Crippen LogP contribution in [-0.4, -0.2) is 0 Å². The summed E-state index contributed by atoms with van der Waals surface area (Å²) >= 11 is 9.29. The third-order valence-corrected chi connectivity index (χ3v) is 3.36. The third-order valence-electron chi connectivity index (χ3n) is 2.28. The van der Waals surface area contributed by atoms with E-state index in [-0.39, 0.29) is 0 Å². The van der Waals surface area contributed by atoms with Gasteiger partial charge in [-0.15, -0.1) is 0 Å². The van der Waals surface area contributed by atoms with Crippen LogP contribution < -0.4 is 10.5 Å². The topological polar surface area (TPSA) is 35.2 Å². The number of nitrogen functional groups attached to an aromatic ring is 1. The monoisotopic (exact) mass is 311 g/mol. The van der Waals surface area contributed by atoms with Crippen LogP contribution in [0.3, 0.4) is 0 Å². The Balaban J connectivity index is 2.10. The Kier molecular flexibility index (Phi) is 3.92. The van der Waals surface area contributed by atoms with Crippen LogP contribution in [0.25, 0.3) is 0 Å². The fraction of sp³-hybridized carbons (Fsp3) is 0.0769. The van der Waals surface area contributed by atoms with E-state index in [0.717, 1.165) is 15.8 Å². The number of benzene rings is 2. The Morgan fingerprint density at radius 1 is 1.18 bits per heavy atom. The van der Waals surface area contributed by atoms with Gasteiger partial charge in [-0.1, -0.05) is 29.8 Å². The SMILES string of the molecule is Nc1cccc(OCc2cccc(Cl)c2)c1Br. The van der Waals surface area contributed by atoms with Crippen LogP contribution in [0.1, 0.15) is 5.56 Å². The molecule has 0 aromatic heterocycles. The van der Waals surface area contributed by atoms with Gasteiger partial charge in [0.1, 0.15) is 12.4 Å². The van der Waals surface area contributed by atoms with Crippen molar-refractivity contribution in [1.82, 2.24) is 0 Å². The molecule has 4 heteroatoms. The van der Waals surface area contributed by atoms with Gasteiger partial charge in [0.15, 0.2) is 0 Å². The van der Waals surface area contributed by atoms with Gasteiger partial charge in [-0.05, 0) is 45.8 Å². The van der Waals surface area contributed by atoms with E-state index in [4.69, 9.17) is 22.1 Å². The molecule has 0 heterocycles. The molecule has 0 atom stereocenters.